The summed E-state index contributed by atoms with van der Waals surface area (Å²) in [5.74, 6) is -0.392. The van der Waals surface area contributed by atoms with Gasteiger partial charge in [-0.05, 0) is 50.4 Å². The molecule has 2 aromatic rings. The number of benzene rings is 2. The molecule has 7 heteroatoms. The number of ether oxygens (including phenoxy) is 1. The molecule has 2 aliphatic heterocycles. The number of likely N-dealkylation sites (tertiary alicyclic amines) is 1. The van der Waals surface area contributed by atoms with E-state index >= 15 is 0 Å². The first-order valence-electron chi connectivity index (χ1n) is 11.6. The van der Waals surface area contributed by atoms with Gasteiger partial charge >= 0.3 is 5.97 Å². The standard InChI is InChI=1S/C26H30ClN3O3/c1-3-33-26(32)23-13-6-7-14-29(23)17-25(31)30-24(20-11-4-5-12-21(20)27)16-22(28-30)19-10-8-9-18(2)15-19/h4-5,8-12,15,23-24H,3,6-7,13-14,16-17H2,1-2H3. The Morgan fingerprint density at radius 3 is 2.73 bits per heavy atom. The maximum Gasteiger partial charge on any atom is 0.323 e. The minimum atomic E-state index is -0.385. The largest absolute Gasteiger partial charge is 0.465 e. The van der Waals surface area contributed by atoms with Crippen LogP contribution in [0.3, 0.4) is 0 Å². The molecule has 0 bridgehead atoms. The number of nitrogens with zero attached hydrogens (tertiary/aromatic N) is 3. The summed E-state index contributed by atoms with van der Waals surface area (Å²) >= 11 is 6.52. The van der Waals surface area contributed by atoms with Gasteiger partial charge in [-0.25, -0.2) is 5.01 Å². The van der Waals surface area contributed by atoms with Crippen molar-refractivity contribution in [3.8, 4) is 0 Å². The fourth-order valence-corrected chi connectivity index (χ4v) is 4.92. The predicted molar refractivity (Wildman–Crippen MR) is 129 cm³/mol. The van der Waals surface area contributed by atoms with Crippen LogP contribution in [0.15, 0.2) is 53.6 Å². The number of hydrogen-bond acceptors (Lipinski definition) is 5. The molecule has 0 saturated carbocycles. The molecule has 1 saturated heterocycles. The Balaban J connectivity index is 1.61. The van der Waals surface area contributed by atoms with Gasteiger partial charge in [0.25, 0.3) is 5.91 Å². The molecule has 2 atom stereocenters. The molecule has 1 fully saturated rings. The molecule has 2 aliphatic rings. The van der Waals surface area contributed by atoms with E-state index in [4.69, 9.17) is 21.4 Å². The van der Waals surface area contributed by atoms with Gasteiger partial charge in [-0.3, -0.25) is 14.5 Å². The van der Waals surface area contributed by atoms with Crippen LogP contribution in [0.25, 0.3) is 0 Å². The van der Waals surface area contributed by atoms with Crippen LogP contribution in [0.5, 0.6) is 0 Å². The Bertz CT molecular complexity index is 1050. The Morgan fingerprint density at radius 1 is 1.15 bits per heavy atom. The third-order valence-electron chi connectivity index (χ3n) is 6.29. The summed E-state index contributed by atoms with van der Waals surface area (Å²) < 4.78 is 5.26. The number of esters is 1. The maximum absolute atomic E-state index is 13.6. The van der Waals surface area contributed by atoms with Gasteiger partial charge in [0.15, 0.2) is 0 Å². The minimum Gasteiger partial charge on any atom is -0.465 e. The number of hydrogen-bond donors (Lipinski definition) is 0. The van der Waals surface area contributed by atoms with Crippen molar-refractivity contribution in [2.45, 2.75) is 51.6 Å². The highest BCUT2D eigenvalue weighted by molar-refractivity contribution is 6.31. The van der Waals surface area contributed by atoms with Gasteiger partial charge in [0.2, 0.25) is 0 Å². The summed E-state index contributed by atoms with van der Waals surface area (Å²) in [7, 11) is 0. The fraction of sp³-hybridized carbons (Fsp3) is 0.423. The summed E-state index contributed by atoms with van der Waals surface area (Å²) in [4.78, 5) is 28.0. The zero-order valence-electron chi connectivity index (χ0n) is 19.2. The molecular formula is C26H30ClN3O3. The lowest BCUT2D eigenvalue weighted by atomic mass is 9.97. The molecule has 174 valence electrons. The van der Waals surface area contributed by atoms with Gasteiger partial charge in [0, 0.05) is 11.4 Å². The second kappa shape index (κ2) is 10.5. The zero-order valence-corrected chi connectivity index (χ0v) is 19.9. The molecule has 2 unspecified atom stereocenters. The summed E-state index contributed by atoms with van der Waals surface area (Å²) in [5, 5.41) is 6.95. The molecule has 4 rings (SSSR count). The fourth-order valence-electron chi connectivity index (χ4n) is 4.66. The summed E-state index contributed by atoms with van der Waals surface area (Å²) in [6.45, 7) is 4.99. The summed E-state index contributed by atoms with van der Waals surface area (Å²) in [6, 6.07) is 15.1. The Hall–Kier alpha value is -2.70. The van der Waals surface area contributed by atoms with Crippen molar-refractivity contribution in [1.29, 1.82) is 0 Å². The van der Waals surface area contributed by atoms with Crippen LogP contribution in [0.1, 0.15) is 55.3 Å². The average Bonchev–Trinajstić information content (AvgIpc) is 3.25. The van der Waals surface area contributed by atoms with E-state index in [0.717, 1.165) is 35.2 Å². The van der Waals surface area contributed by atoms with Crippen LogP contribution in [0, 0.1) is 6.92 Å². The third-order valence-corrected chi connectivity index (χ3v) is 6.64. The van der Waals surface area contributed by atoms with Crippen molar-refractivity contribution in [2.24, 2.45) is 5.10 Å². The van der Waals surface area contributed by atoms with Crippen LogP contribution in [-0.2, 0) is 14.3 Å². The van der Waals surface area contributed by atoms with E-state index in [9.17, 15) is 9.59 Å². The van der Waals surface area contributed by atoms with Gasteiger partial charge < -0.3 is 4.74 Å². The predicted octanol–water partition coefficient (Wildman–Crippen LogP) is 4.74. The molecule has 0 N–H and O–H groups in total. The van der Waals surface area contributed by atoms with Gasteiger partial charge in [-0.1, -0.05) is 66.0 Å². The third kappa shape index (κ3) is 5.28. The number of rotatable bonds is 6. The molecule has 0 aliphatic carbocycles. The van der Waals surface area contributed by atoms with Gasteiger partial charge in [0.05, 0.1) is 24.9 Å². The lowest BCUT2D eigenvalue weighted by Gasteiger charge is -2.34. The van der Waals surface area contributed by atoms with Gasteiger partial charge in [0.1, 0.15) is 6.04 Å². The maximum atomic E-state index is 13.6. The second-order valence-corrected chi connectivity index (χ2v) is 9.04. The summed E-state index contributed by atoms with van der Waals surface area (Å²) in [5.41, 5.74) is 3.88. The Labute approximate surface area is 200 Å². The van der Waals surface area contributed by atoms with Crippen molar-refractivity contribution in [2.75, 3.05) is 19.7 Å². The van der Waals surface area contributed by atoms with E-state index in [1.54, 1.807) is 11.9 Å². The molecule has 0 spiro atoms. The number of piperidine rings is 1. The minimum absolute atomic E-state index is 0.120. The van der Waals surface area contributed by atoms with Crippen molar-refractivity contribution in [1.82, 2.24) is 9.91 Å². The van der Waals surface area contributed by atoms with E-state index in [1.165, 1.54) is 0 Å². The van der Waals surface area contributed by atoms with Crippen LogP contribution >= 0.6 is 11.6 Å². The van der Waals surface area contributed by atoms with Crippen LogP contribution in [-0.4, -0.2) is 53.2 Å². The molecule has 1 amide bonds. The number of hydrazone groups is 1. The van der Waals surface area contributed by atoms with E-state index < -0.39 is 0 Å². The van der Waals surface area contributed by atoms with Crippen LogP contribution in [0.2, 0.25) is 5.02 Å². The Kier molecular flexibility index (Phi) is 7.46. The van der Waals surface area contributed by atoms with E-state index in [2.05, 4.69) is 6.07 Å². The normalized spacial score (nSPS) is 21.1. The first kappa shape index (κ1) is 23.5. The molecular weight excluding hydrogens is 438 g/mol. The highest BCUT2D eigenvalue weighted by Crippen LogP contribution is 2.36. The van der Waals surface area contributed by atoms with Crippen molar-refractivity contribution >= 4 is 29.2 Å². The molecule has 2 heterocycles. The number of carbonyl (C=O) groups is 2. The first-order chi connectivity index (χ1) is 16.0. The van der Waals surface area contributed by atoms with E-state index in [0.29, 0.717) is 31.0 Å². The SMILES string of the molecule is CCOC(=O)C1CCCCN1CC(=O)N1N=C(c2cccc(C)c2)CC1c1ccccc1Cl. The number of halogens is 1. The monoisotopic (exact) mass is 467 g/mol. The molecule has 0 radical (unpaired) electrons. The van der Waals surface area contributed by atoms with Crippen LogP contribution < -0.4 is 0 Å². The number of carbonyl (C=O) groups excluding carboxylic acids is 2. The topological polar surface area (TPSA) is 62.2 Å². The van der Waals surface area contributed by atoms with Crippen molar-refractivity contribution in [3.63, 3.8) is 0 Å². The molecule has 6 nitrogen and oxygen atoms in total. The van der Waals surface area contributed by atoms with E-state index in [-0.39, 0.29) is 30.5 Å². The Morgan fingerprint density at radius 2 is 1.97 bits per heavy atom. The zero-order chi connectivity index (χ0) is 23.4. The van der Waals surface area contributed by atoms with Gasteiger partial charge in [-0.15, -0.1) is 0 Å². The number of amides is 1. The molecule has 33 heavy (non-hydrogen) atoms. The highest BCUT2D eigenvalue weighted by Gasteiger charge is 2.37. The summed E-state index contributed by atoms with van der Waals surface area (Å²) in [6.07, 6.45) is 3.20. The average molecular weight is 468 g/mol. The lowest BCUT2D eigenvalue weighted by molar-refractivity contribution is -0.152. The highest BCUT2D eigenvalue weighted by atomic mass is 35.5. The second-order valence-electron chi connectivity index (χ2n) is 8.63. The quantitative estimate of drug-likeness (QED) is 0.575. The molecule has 0 aromatic heterocycles. The van der Waals surface area contributed by atoms with Crippen molar-refractivity contribution < 1.29 is 14.3 Å². The number of aryl methyl sites for hydroxylation is 1. The smallest absolute Gasteiger partial charge is 0.323 e. The molecule has 2 aromatic carbocycles. The lowest BCUT2D eigenvalue weighted by Crippen LogP contribution is -2.49. The van der Waals surface area contributed by atoms with Gasteiger partial charge in [-0.2, -0.15) is 5.10 Å². The van der Waals surface area contributed by atoms with Crippen molar-refractivity contribution in [3.05, 3.63) is 70.2 Å². The first-order valence-corrected chi connectivity index (χ1v) is 12.0. The van der Waals surface area contributed by atoms with E-state index in [1.807, 2.05) is 54.3 Å². The van der Waals surface area contributed by atoms with Crippen LogP contribution in [0.4, 0.5) is 0 Å².